The van der Waals surface area contributed by atoms with Gasteiger partial charge in [0.15, 0.2) is 0 Å². The summed E-state index contributed by atoms with van der Waals surface area (Å²) in [5.74, 6) is 0.930. The Kier molecular flexibility index (Phi) is 5.42. The number of nitrogens with one attached hydrogen (secondary N) is 1. The van der Waals surface area contributed by atoms with Crippen LogP contribution in [0, 0.1) is 0 Å². The largest absolute Gasteiger partial charge is 0.496 e. The first-order chi connectivity index (χ1) is 8.46. The van der Waals surface area contributed by atoms with E-state index >= 15 is 0 Å². The van der Waals surface area contributed by atoms with Crippen LogP contribution in [0.15, 0.2) is 29.8 Å². The first-order valence-corrected chi connectivity index (χ1v) is 6.53. The van der Waals surface area contributed by atoms with E-state index in [0.717, 1.165) is 24.3 Å². The molecule has 2 nitrogen and oxygen atoms in total. The molecular formula is C16H25NO. The van der Waals surface area contributed by atoms with Crippen molar-refractivity contribution in [2.45, 2.75) is 39.7 Å². The van der Waals surface area contributed by atoms with E-state index in [1.165, 1.54) is 5.57 Å². The van der Waals surface area contributed by atoms with E-state index in [4.69, 9.17) is 4.74 Å². The SMILES string of the molecule is CCC(=Cc1ccccc1OC)CNC(C)(C)C. The van der Waals surface area contributed by atoms with E-state index in [0.29, 0.717) is 0 Å². The van der Waals surface area contributed by atoms with E-state index < -0.39 is 0 Å². The fraction of sp³-hybridized carbons (Fsp3) is 0.500. The molecule has 0 aromatic heterocycles. The van der Waals surface area contributed by atoms with Crippen molar-refractivity contribution >= 4 is 6.08 Å². The number of benzene rings is 1. The minimum absolute atomic E-state index is 0.148. The van der Waals surface area contributed by atoms with E-state index in [2.05, 4.69) is 45.2 Å². The van der Waals surface area contributed by atoms with Gasteiger partial charge in [0.05, 0.1) is 7.11 Å². The molecule has 0 saturated carbocycles. The molecular weight excluding hydrogens is 222 g/mol. The van der Waals surface area contributed by atoms with Crippen molar-refractivity contribution in [3.8, 4) is 5.75 Å². The average molecular weight is 247 g/mol. The minimum Gasteiger partial charge on any atom is -0.496 e. The van der Waals surface area contributed by atoms with Crippen molar-refractivity contribution in [1.82, 2.24) is 5.32 Å². The Labute approximate surface area is 111 Å². The molecule has 0 unspecified atom stereocenters. The zero-order valence-corrected chi connectivity index (χ0v) is 12.2. The summed E-state index contributed by atoms with van der Waals surface area (Å²) in [5.41, 5.74) is 2.68. The Morgan fingerprint density at radius 2 is 1.94 bits per heavy atom. The van der Waals surface area contributed by atoms with Crippen LogP contribution in [0.5, 0.6) is 5.75 Å². The van der Waals surface area contributed by atoms with Gasteiger partial charge in [-0.3, -0.25) is 0 Å². The molecule has 0 bridgehead atoms. The summed E-state index contributed by atoms with van der Waals surface area (Å²) in [6, 6.07) is 8.12. The fourth-order valence-electron chi connectivity index (χ4n) is 1.66. The summed E-state index contributed by atoms with van der Waals surface area (Å²) in [5, 5.41) is 3.52. The maximum atomic E-state index is 5.37. The van der Waals surface area contributed by atoms with Gasteiger partial charge in [-0.25, -0.2) is 0 Å². The molecule has 1 aromatic carbocycles. The smallest absolute Gasteiger partial charge is 0.126 e. The molecule has 2 heteroatoms. The molecule has 0 aliphatic heterocycles. The summed E-state index contributed by atoms with van der Waals surface area (Å²) >= 11 is 0. The van der Waals surface area contributed by atoms with Gasteiger partial charge in [0.25, 0.3) is 0 Å². The summed E-state index contributed by atoms with van der Waals surface area (Å²) in [7, 11) is 1.71. The molecule has 0 radical (unpaired) electrons. The Hall–Kier alpha value is -1.28. The number of hydrogen-bond acceptors (Lipinski definition) is 2. The molecule has 0 heterocycles. The molecule has 0 spiro atoms. The number of para-hydroxylation sites is 1. The monoisotopic (exact) mass is 247 g/mol. The molecule has 0 saturated heterocycles. The predicted octanol–water partition coefficient (Wildman–Crippen LogP) is 3.88. The number of ether oxygens (including phenoxy) is 1. The highest BCUT2D eigenvalue weighted by atomic mass is 16.5. The highest BCUT2D eigenvalue weighted by molar-refractivity contribution is 5.59. The lowest BCUT2D eigenvalue weighted by Gasteiger charge is -2.21. The second kappa shape index (κ2) is 6.60. The lowest BCUT2D eigenvalue weighted by Crippen LogP contribution is -2.36. The second-order valence-corrected chi connectivity index (χ2v) is 5.50. The second-order valence-electron chi connectivity index (χ2n) is 5.50. The van der Waals surface area contributed by atoms with Crippen molar-refractivity contribution in [3.05, 3.63) is 35.4 Å². The molecule has 0 fully saturated rings. The first kappa shape index (κ1) is 14.8. The standard InChI is InChI=1S/C16H25NO/c1-6-13(12-17-16(2,3)4)11-14-9-7-8-10-15(14)18-5/h7-11,17H,6,12H2,1-5H3. The molecule has 100 valence electrons. The quantitative estimate of drug-likeness (QED) is 0.852. The normalized spacial score (nSPS) is 12.6. The van der Waals surface area contributed by atoms with Crippen molar-refractivity contribution in [1.29, 1.82) is 0 Å². The Morgan fingerprint density at radius 3 is 2.50 bits per heavy atom. The molecule has 1 N–H and O–H groups in total. The van der Waals surface area contributed by atoms with Gasteiger partial charge in [0.1, 0.15) is 5.75 Å². The van der Waals surface area contributed by atoms with Gasteiger partial charge < -0.3 is 10.1 Å². The van der Waals surface area contributed by atoms with Gasteiger partial charge in [-0.1, -0.05) is 36.8 Å². The van der Waals surface area contributed by atoms with E-state index in [-0.39, 0.29) is 5.54 Å². The van der Waals surface area contributed by atoms with Crippen molar-refractivity contribution < 1.29 is 4.74 Å². The summed E-state index contributed by atoms with van der Waals surface area (Å²) in [4.78, 5) is 0. The van der Waals surface area contributed by atoms with Crippen LogP contribution in [0.3, 0.4) is 0 Å². The highest BCUT2D eigenvalue weighted by Gasteiger charge is 2.09. The maximum absolute atomic E-state index is 5.37. The third-order valence-corrected chi connectivity index (χ3v) is 2.80. The Balaban J connectivity index is 2.83. The van der Waals surface area contributed by atoms with Crippen LogP contribution in [0.1, 0.15) is 39.7 Å². The van der Waals surface area contributed by atoms with Gasteiger partial charge in [-0.05, 0) is 33.3 Å². The number of methoxy groups -OCH3 is 1. The Morgan fingerprint density at radius 1 is 1.28 bits per heavy atom. The zero-order chi connectivity index (χ0) is 13.6. The summed E-state index contributed by atoms with van der Waals surface area (Å²) in [6.45, 7) is 9.65. The van der Waals surface area contributed by atoms with Crippen LogP contribution in [-0.2, 0) is 0 Å². The van der Waals surface area contributed by atoms with Crippen LogP contribution in [0.25, 0.3) is 6.08 Å². The third-order valence-electron chi connectivity index (χ3n) is 2.80. The van der Waals surface area contributed by atoms with Crippen LogP contribution in [-0.4, -0.2) is 19.2 Å². The fourth-order valence-corrected chi connectivity index (χ4v) is 1.66. The van der Waals surface area contributed by atoms with Gasteiger partial charge in [-0.2, -0.15) is 0 Å². The van der Waals surface area contributed by atoms with Crippen LogP contribution in [0.2, 0.25) is 0 Å². The van der Waals surface area contributed by atoms with E-state index in [1.54, 1.807) is 7.11 Å². The Bertz CT molecular complexity index is 402. The van der Waals surface area contributed by atoms with E-state index in [9.17, 15) is 0 Å². The van der Waals surface area contributed by atoms with Crippen LogP contribution >= 0.6 is 0 Å². The van der Waals surface area contributed by atoms with Crippen molar-refractivity contribution in [3.63, 3.8) is 0 Å². The van der Waals surface area contributed by atoms with Gasteiger partial charge in [0.2, 0.25) is 0 Å². The summed E-state index contributed by atoms with van der Waals surface area (Å²) in [6.07, 6.45) is 3.26. The van der Waals surface area contributed by atoms with Gasteiger partial charge in [-0.15, -0.1) is 0 Å². The zero-order valence-electron chi connectivity index (χ0n) is 12.2. The highest BCUT2D eigenvalue weighted by Crippen LogP contribution is 2.21. The predicted molar refractivity (Wildman–Crippen MR) is 79.0 cm³/mol. The third kappa shape index (κ3) is 4.92. The van der Waals surface area contributed by atoms with Crippen LogP contribution in [0.4, 0.5) is 0 Å². The van der Waals surface area contributed by atoms with Crippen molar-refractivity contribution in [2.75, 3.05) is 13.7 Å². The molecule has 0 atom stereocenters. The van der Waals surface area contributed by atoms with E-state index in [1.807, 2.05) is 18.2 Å². The molecule has 0 aliphatic rings. The topological polar surface area (TPSA) is 21.3 Å². The van der Waals surface area contributed by atoms with Gasteiger partial charge >= 0.3 is 0 Å². The number of rotatable bonds is 5. The molecule has 1 rings (SSSR count). The summed E-state index contributed by atoms with van der Waals surface area (Å²) < 4.78 is 5.37. The molecule has 1 aromatic rings. The average Bonchev–Trinajstić information content (AvgIpc) is 2.33. The first-order valence-electron chi connectivity index (χ1n) is 6.53. The van der Waals surface area contributed by atoms with Crippen LogP contribution < -0.4 is 10.1 Å². The van der Waals surface area contributed by atoms with Gasteiger partial charge in [0, 0.05) is 17.6 Å². The minimum atomic E-state index is 0.148. The lowest BCUT2D eigenvalue weighted by molar-refractivity contribution is 0.413. The molecule has 0 aliphatic carbocycles. The number of hydrogen-bond donors (Lipinski definition) is 1. The molecule has 18 heavy (non-hydrogen) atoms. The maximum Gasteiger partial charge on any atom is 0.126 e. The lowest BCUT2D eigenvalue weighted by atomic mass is 10.1. The molecule has 0 amide bonds. The van der Waals surface area contributed by atoms with Crippen molar-refractivity contribution in [2.24, 2.45) is 0 Å².